The van der Waals surface area contributed by atoms with Crippen LogP contribution in [0.1, 0.15) is 29.5 Å². The summed E-state index contributed by atoms with van der Waals surface area (Å²) in [6, 6.07) is 0. The topological polar surface area (TPSA) is 39.2 Å². The van der Waals surface area contributed by atoms with Gasteiger partial charge in [-0.3, -0.25) is 0 Å². The number of carbonyl (C=O) groups is 1. The highest BCUT2D eigenvalue weighted by Gasteiger charge is 2.18. The number of ether oxygens (including phenoxy) is 1. The molecule has 14 heavy (non-hydrogen) atoms. The molecule has 1 atom stereocenters. The van der Waals surface area contributed by atoms with Gasteiger partial charge in [0.05, 0.1) is 17.3 Å². The SMILES string of the molecule is O=CCc1csc(C2CCCOC2)n1. The smallest absolute Gasteiger partial charge is 0.125 e. The second kappa shape index (κ2) is 4.66. The number of hydrogen-bond acceptors (Lipinski definition) is 4. The molecule has 0 radical (unpaired) electrons. The number of aromatic nitrogens is 1. The van der Waals surface area contributed by atoms with E-state index in [1.807, 2.05) is 5.38 Å². The van der Waals surface area contributed by atoms with Crippen molar-refractivity contribution in [2.24, 2.45) is 0 Å². The summed E-state index contributed by atoms with van der Waals surface area (Å²) in [5.41, 5.74) is 0.894. The van der Waals surface area contributed by atoms with Crippen molar-refractivity contribution in [3.05, 3.63) is 16.1 Å². The van der Waals surface area contributed by atoms with Crippen molar-refractivity contribution >= 4 is 17.6 Å². The molecule has 0 spiro atoms. The summed E-state index contributed by atoms with van der Waals surface area (Å²) in [5.74, 6) is 0.453. The van der Waals surface area contributed by atoms with Gasteiger partial charge in [-0.2, -0.15) is 0 Å². The molecule has 3 nitrogen and oxygen atoms in total. The van der Waals surface area contributed by atoms with E-state index in [2.05, 4.69) is 4.98 Å². The van der Waals surface area contributed by atoms with Gasteiger partial charge in [0.2, 0.25) is 0 Å². The van der Waals surface area contributed by atoms with Gasteiger partial charge < -0.3 is 9.53 Å². The predicted octanol–water partition coefficient (Wildman–Crippen LogP) is 1.78. The Morgan fingerprint density at radius 1 is 1.71 bits per heavy atom. The van der Waals surface area contributed by atoms with Gasteiger partial charge >= 0.3 is 0 Å². The highest BCUT2D eigenvalue weighted by atomic mass is 32.1. The number of thiazole rings is 1. The molecule has 2 heterocycles. The van der Waals surface area contributed by atoms with Crippen LogP contribution in [0.2, 0.25) is 0 Å². The molecule has 2 rings (SSSR count). The van der Waals surface area contributed by atoms with Gasteiger partial charge in [-0.05, 0) is 12.8 Å². The number of carbonyl (C=O) groups excluding carboxylic acids is 1. The van der Waals surface area contributed by atoms with Crippen LogP contribution < -0.4 is 0 Å². The Balaban J connectivity index is 2.03. The molecule has 0 aromatic carbocycles. The minimum atomic E-state index is 0.435. The summed E-state index contributed by atoms with van der Waals surface area (Å²) in [6.45, 7) is 1.66. The Labute approximate surface area is 87.1 Å². The van der Waals surface area contributed by atoms with E-state index in [0.29, 0.717) is 12.3 Å². The minimum Gasteiger partial charge on any atom is -0.381 e. The zero-order chi connectivity index (χ0) is 9.80. The fraction of sp³-hybridized carbons (Fsp3) is 0.600. The molecule has 0 N–H and O–H groups in total. The van der Waals surface area contributed by atoms with Crippen molar-refractivity contribution in [1.29, 1.82) is 0 Å². The molecule has 4 heteroatoms. The lowest BCUT2D eigenvalue weighted by Gasteiger charge is -2.19. The molecule has 1 saturated heterocycles. The Morgan fingerprint density at radius 3 is 3.36 bits per heavy atom. The third-order valence-corrected chi connectivity index (χ3v) is 3.43. The predicted molar refractivity (Wildman–Crippen MR) is 54.7 cm³/mol. The molecule has 0 bridgehead atoms. The van der Waals surface area contributed by atoms with E-state index >= 15 is 0 Å². The fourth-order valence-electron chi connectivity index (χ4n) is 1.62. The normalized spacial score (nSPS) is 22.1. The van der Waals surface area contributed by atoms with Crippen LogP contribution >= 0.6 is 11.3 Å². The summed E-state index contributed by atoms with van der Waals surface area (Å²) >= 11 is 1.65. The first-order valence-corrected chi connectivity index (χ1v) is 5.74. The lowest BCUT2D eigenvalue weighted by molar-refractivity contribution is -0.107. The van der Waals surface area contributed by atoms with Crippen molar-refractivity contribution in [3.63, 3.8) is 0 Å². The molecule has 1 aliphatic heterocycles. The van der Waals surface area contributed by atoms with Crippen molar-refractivity contribution in [2.45, 2.75) is 25.2 Å². The van der Waals surface area contributed by atoms with Crippen molar-refractivity contribution in [3.8, 4) is 0 Å². The van der Waals surface area contributed by atoms with Gasteiger partial charge in [0, 0.05) is 24.3 Å². The second-order valence-corrected chi connectivity index (χ2v) is 4.35. The monoisotopic (exact) mass is 211 g/mol. The van der Waals surface area contributed by atoms with Gasteiger partial charge in [0.25, 0.3) is 0 Å². The van der Waals surface area contributed by atoms with Gasteiger partial charge in [-0.25, -0.2) is 4.98 Å². The molecule has 0 amide bonds. The maximum Gasteiger partial charge on any atom is 0.125 e. The number of hydrogen-bond donors (Lipinski definition) is 0. The summed E-state index contributed by atoms with van der Waals surface area (Å²) in [6.07, 6.45) is 3.61. The Bertz CT molecular complexity index is 305. The van der Waals surface area contributed by atoms with Crippen LogP contribution in [0, 0.1) is 0 Å². The van der Waals surface area contributed by atoms with E-state index in [1.165, 1.54) is 0 Å². The van der Waals surface area contributed by atoms with E-state index in [0.717, 1.165) is 43.0 Å². The van der Waals surface area contributed by atoms with E-state index < -0.39 is 0 Å². The highest BCUT2D eigenvalue weighted by Crippen LogP contribution is 2.27. The first-order chi connectivity index (χ1) is 6.90. The third-order valence-electron chi connectivity index (χ3n) is 2.37. The zero-order valence-corrected chi connectivity index (χ0v) is 8.76. The van der Waals surface area contributed by atoms with Crippen LogP contribution in [0.25, 0.3) is 0 Å². The molecular formula is C10H13NO2S. The average Bonchev–Trinajstić information content (AvgIpc) is 2.68. The van der Waals surface area contributed by atoms with Crippen LogP contribution in [-0.4, -0.2) is 24.5 Å². The summed E-state index contributed by atoms with van der Waals surface area (Å²) in [5, 5.41) is 3.10. The van der Waals surface area contributed by atoms with Crippen LogP contribution in [0.15, 0.2) is 5.38 Å². The van der Waals surface area contributed by atoms with Crippen LogP contribution in [-0.2, 0) is 16.0 Å². The molecule has 1 aromatic heterocycles. The number of aldehydes is 1. The molecule has 0 saturated carbocycles. The molecule has 1 aromatic rings. The van der Waals surface area contributed by atoms with Crippen molar-refractivity contribution in [1.82, 2.24) is 4.98 Å². The molecule has 1 unspecified atom stereocenters. The number of nitrogens with zero attached hydrogens (tertiary/aromatic N) is 1. The summed E-state index contributed by atoms with van der Waals surface area (Å²) in [7, 11) is 0. The third kappa shape index (κ3) is 2.19. The maximum atomic E-state index is 10.3. The van der Waals surface area contributed by atoms with E-state index in [1.54, 1.807) is 11.3 Å². The Hall–Kier alpha value is -0.740. The molecule has 1 aliphatic rings. The molecule has 76 valence electrons. The van der Waals surface area contributed by atoms with Crippen LogP contribution in [0.4, 0.5) is 0 Å². The van der Waals surface area contributed by atoms with Gasteiger partial charge in [-0.1, -0.05) is 0 Å². The Morgan fingerprint density at radius 2 is 2.64 bits per heavy atom. The largest absolute Gasteiger partial charge is 0.381 e. The minimum absolute atomic E-state index is 0.435. The lowest BCUT2D eigenvalue weighted by atomic mass is 10.0. The molecule has 1 fully saturated rings. The van der Waals surface area contributed by atoms with Gasteiger partial charge in [0.15, 0.2) is 0 Å². The molecular weight excluding hydrogens is 198 g/mol. The summed E-state index contributed by atoms with van der Waals surface area (Å²) < 4.78 is 5.40. The standard InChI is InChI=1S/C10H13NO2S/c12-4-3-9-7-14-10(11-9)8-2-1-5-13-6-8/h4,7-8H,1-3,5-6H2. The van der Waals surface area contributed by atoms with E-state index in [4.69, 9.17) is 4.74 Å². The highest BCUT2D eigenvalue weighted by molar-refractivity contribution is 7.09. The van der Waals surface area contributed by atoms with E-state index in [9.17, 15) is 4.79 Å². The second-order valence-electron chi connectivity index (χ2n) is 3.46. The fourth-order valence-corrected chi connectivity index (χ4v) is 2.58. The van der Waals surface area contributed by atoms with E-state index in [-0.39, 0.29) is 0 Å². The average molecular weight is 211 g/mol. The maximum absolute atomic E-state index is 10.3. The molecule has 0 aliphatic carbocycles. The van der Waals surface area contributed by atoms with Crippen molar-refractivity contribution in [2.75, 3.05) is 13.2 Å². The first-order valence-electron chi connectivity index (χ1n) is 4.86. The first kappa shape index (κ1) is 9.80. The van der Waals surface area contributed by atoms with Crippen LogP contribution in [0.5, 0.6) is 0 Å². The number of rotatable bonds is 3. The van der Waals surface area contributed by atoms with Crippen LogP contribution in [0.3, 0.4) is 0 Å². The quantitative estimate of drug-likeness (QED) is 0.715. The zero-order valence-electron chi connectivity index (χ0n) is 7.94. The Kier molecular flexibility index (Phi) is 3.26. The van der Waals surface area contributed by atoms with Gasteiger partial charge in [-0.15, -0.1) is 11.3 Å². The van der Waals surface area contributed by atoms with Gasteiger partial charge in [0.1, 0.15) is 6.29 Å². The summed E-state index contributed by atoms with van der Waals surface area (Å²) in [4.78, 5) is 14.7. The lowest BCUT2D eigenvalue weighted by Crippen LogP contribution is -2.15. The van der Waals surface area contributed by atoms with Crippen molar-refractivity contribution < 1.29 is 9.53 Å².